The number of nitrogens with zero attached hydrogens (tertiary/aromatic N) is 2. The first-order valence-corrected chi connectivity index (χ1v) is 11.1. The van der Waals surface area contributed by atoms with Gasteiger partial charge in [-0.05, 0) is 86.6 Å². The van der Waals surface area contributed by atoms with E-state index in [0.717, 1.165) is 57.6 Å². The second kappa shape index (κ2) is 10.2. The van der Waals surface area contributed by atoms with Crippen molar-refractivity contribution >= 4 is 6.29 Å². The van der Waals surface area contributed by atoms with Crippen LogP contribution in [0.3, 0.4) is 0 Å². The van der Waals surface area contributed by atoms with Gasteiger partial charge in [-0.25, -0.2) is 4.39 Å². The number of halogens is 1. The van der Waals surface area contributed by atoms with E-state index in [1.165, 1.54) is 36.1 Å². The Morgan fingerprint density at radius 2 is 1.80 bits per heavy atom. The van der Waals surface area contributed by atoms with E-state index >= 15 is 0 Å². The molecule has 30 heavy (non-hydrogen) atoms. The van der Waals surface area contributed by atoms with E-state index in [9.17, 15) is 9.18 Å². The van der Waals surface area contributed by atoms with Crippen LogP contribution >= 0.6 is 0 Å². The van der Waals surface area contributed by atoms with E-state index in [2.05, 4.69) is 28.0 Å². The van der Waals surface area contributed by atoms with Crippen LogP contribution in [0.4, 0.5) is 4.39 Å². The summed E-state index contributed by atoms with van der Waals surface area (Å²) in [4.78, 5) is 16.6. The average Bonchev–Trinajstić information content (AvgIpc) is 3.13. The first kappa shape index (κ1) is 21.0. The number of ether oxygens (including phenoxy) is 1. The molecule has 0 spiro atoms. The number of aldehydes is 1. The first-order chi connectivity index (χ1) is 14.7. The lowest BCUT2D eigenvalue weighted by atomic mass is 9.95. The minimum Gasteiger partial charge on any atom is -0.494 e. The molecule has 4 nitrogen and oxygen atoms in total. The second-order valence-electron chi connectivity index (χ2n) is 8.50. The monoisotopic (exact) mass is 410 g/mol. The van der Waals surface area contributed by atoms with Crippen LogP contribution in [0.25, 0.3) is 0 Å². The van der Waals surface area contributed by atoms with Gasteiger partial charge in [-0.15, -0.1) is 0 Å². The molecular weight excluding hydrogens is 379 g/mol. The van der Waals surface area contributed by atoms with E-state index in [4.69, 9.17) is 4.74 Å². The van der Waals surface area contributed by atoms with Gasteiger partial charge in [0.05, 0.1) is 12.6 Å². The molecule has 0 bridgehead atoms. The van der Waals surface area contributed by atoms with E-state index in [0.29, 0.717) is 12.5 Å². The Labute approximate surface area is 178 Å². The summed E-state index contributed by atoms with van der Waals surface area (Å²) in [6.07, 6.45) is 5.62. The minimum atomic E-state index is -0.235. The van der Waals surface area contributed by atoms with Crippen molar-refractivity contribution in [3.63, 3.8) is 0 Å². The summed E-state index contributed by atoms with van der Waals surface area (Å²) in [5, 5.41) is 0. The zero-order chi connectivity index (χ0) is 20.8. The van der Waals surface area contributed by atoms with Crippen molar-refractivity contribution in [2.24, 2.45) is 5.92 Å². The maximum absolute atomic E-state index is 12.9. The predicted octanol–water partition coefficient (Wildman–Crippen LogP) is 4.45. The van der Waals surface area contributed by atoms with Crippen LogP contribution in [0, 0.1) is 11.7 Å². The van der Waals surface area contributed by atoms with Crippen molar-refractivity contribution in [1.29, 1.82) is 0 Å². The number of benzene rings is 2. The van der Waals surface area contributed by atoms with Crippen molar-refractivity contribution in [1.82, 2.24) is 9.80 Å². The fourth-order valence-corrected chi connectivity index (χ4v) is 4.70. The maximum Gasteiger partial charge on any atom is 0.141 e. The molecule has 1 saturated heterocycles. The number of piperidine rings is 1. The zero-order valence-electron chi connectivity index (χ0n) is 17.5. The Balaban J connectivity index is 1.13. The Morgan fingerprint density at radius 1 is 1.03 bits per heavy atom. The van der Waals surface area contributed by atoms with Crippen molar-refractivity contribution in [2.45, 2.75) is 38.3 Å². The third-order valence-electron chi connectivity index (χ3n) is 6.42. The molecule has 2 aliphatic heterocycles. The lowest BCUT2D eigenvalue weighted by Crippen LogP contribution is -2.39. The molecule has 2 aliphatic rings. The van der Waals surface area contributed by atoms with Crippen LogP contribution in [0.15, 0.2) is 48.5 Å². The van der Waals surface area contributed by atoms with Gasteiger partial charge >= 0.3 is 0 Å². The van der Waals surface area contributed by atoms with Crippen molar-refractivity contribution < 1.29 is 13.9 Å². The van der Waals surface area contributed by atoms with Crippen LogP contribution in [-0.4, -0.2) is 48.9 Å². The molecule has 0 aromatic heterocycles. The summed E-state index contributed by atoms with van der Waals surface area (Å²) in [5.41, 5.74) is 2.49. The molecule has 1 unspecified atom stereocenters. The van der Waals surface area contributed by atoms with Crippen molar-refractivity contribution in [3.8, 4) is 5.75 Å². The largest absolute Gasteiger partial charge is 0.494 e. The quantitative estimate of drug-likeness (QED) is 0.452. The maximum atomic E-state index is 12.9. The van der Waals surface area contributed by atoms with Gasteiger partial charge in [-0.2, -0.15) is 0 Å². The molecule has 0 aliphatic carbocycles. The minimum absolute atomic E-state index is 0.0691. The molecule has 2 heterocycles. The molecule has 0 amide bonds. The summed E-state index contributed by atoms with van der Waals surface area (Å²) >= 11 is 0. The lowest BCUT2D eigenvalue weighted by Gasteiger charge is -2.34. The molecule has 0 saturated carbocycles. The Morgan fingerprint density at radius 3 is 2.57 bits per heavy atom. The molecule has 160 valence electrons. The number of hydrogen-bond acceptors (Lipinski definition) is 4. The van der Waals surface area contributed by atoms with Crippen LogP contribution in [-0.2, 0) is 11.3 Å². The third kappa shape index (κ3) is 5.27. The molecule has 5 heteroatoms. The summed E-state index contributed by atoms with van der Waals surface area (Å²) in [5.74, 6) is 1.16. The second-order valence-corrected chi connectivity index (χ2v) is 8.50. The zero-order valence-corrected chi connectivity index (χ0v) is 17.5. The molecule has 1 atom stereocenters. The highest BCUT2D eigenvalue weighted by Crippen LogP contribution is 2.34. The molecule has 0 N–H and O–H groups in total. The summed E-state index contributed by atoms with van der Waals surface area (Å²) in [7, 11) is 0. The highest BCUT2D eigenvalue weighted by molar-refractivity contribution is 5.64. The van der Waals surface area contributed by atoms with Crippen LogP contribution in [0.5, 0.6) is 5.75 Å². The molecule has 2 aromatic rings. The van der Waals surface area contributed by atoms with Crippen molar-refractivity contribution in [3.05, 3.63) is 65.5 Å². The van der Waals surface area contributed by atoms with E-state index < -0.39 is 0 Å². The molecule has 4 rings (SSSR count). The number of carbonyl (C=O) groups excluding carboxylic acids is 1. The van der Waals surface area contributed by atoms with Crippen molar-refractivity contribution in [2.75, 3.05) is 32.8 Å². The highest BCUT2D eigenvalue weighted by Gasteiger charge is 2.31. The fraction of sp³-hybridized carbons (Fsp3) is 0.480. The lowest BCUT2D eigenvalue weighted by molar-refractivity contribution is -0.112. The number of fused-ring (bicyclic) bond motifs is 1. The normalized spacial score (nSPS) is 20.2. The topological polar surface area (TPSA) is 32.8 Å². The Kier molecular flexibility index (Phi) is 7.13. The number of likely N-dealkylation sites (tertiary alicyclic amines) is 1. The average molecular weight is 411 g/mol. The number of unbranched alkanes of at least 4 members (excludes halogenated alkanes) is 1. The van der Waals surface area contributed by atoms with Gasteiger partial charge in [0.1, 0.15) is 17.9 Å². The van der Waals surface area contributed by atoms with E-state index in [1.807, 2.05) is 6.07 Å². The van der Waals surface area contributed by atoms with Gasteiger partial charge < -0.3 is 14.4 Å². The summed E-state index contributed by atoms with van der Waals surface area (Å²) in [6.45, 7) is 5.95. The van der Waals surface area contributed by atoms with Gasteiger partial charge in [0.15, 0.2) is 0 Å². The summed E-state index contributed by atoms with van der Waals surface area (Å²) in [6, 6.07) is 14.5. The number of carbonyl (C=O) groups is 1. The molecule has 1 fully saturated rings. The smallest absolute Gasteiger partial charge is 0.141 e. The predicted molar refractivity (Wildman–Crippen MR) is 116 cm³/mol. The Hall–Kier alpha value is -2.24. The van der Waals surface area contributed by atoms with Crippen LogP contribution < -0.4 is 4.74 Å². The first-order valence-electron chi connectivity index (χ1n) is 11.1. The van der Waals surface area contributed by atoms with Gasteiger partial charge in [-0.1, -0.05) is 24.3 Å². The fourth-order valence-electron chi connectivity index (χ4n) is 4.70. The van der Waals surface area contributed by atoms with Gasteiger partial charge in [0.2, 0.25) is 0 Å². The highest BCUT2D eigenvalue weighted by atomic mass is 19.1. The SMILES string of the molecule is O=CC1c2ccccc2CN1CC1CCN(CCCCOc2ccc(F)cc2)CC1. The number of rotatable bonds is 9. The van der Waals surface area contributed by atoms with Crippen LogP contribution in [0.1, 0.15) is 42.9 Å². The molecular formula is C25H31FN2O2. The molecule has 0 radical (unpaired) electrons. The van der Waals surface area contributed by atoms with Crippen LogP contribution in [0.2, 0.25) is 0 Å². The Bertz CT molecular complexity index is 818. The van der Waals surface area contributed by atoms with E-state index in [1.54, 1.807) is 12.1 Å². The summed E-state index contributed by atoms with van der Waals surface area (Å²) < 4.78 is 18.6. The standard InChI is InChI=1S/C25H31FN2O2/c26-22-7-9-23(10-8-22)30-16-4-3-13-27-14-11-20(12-15-27)17-28-18-21-5-1-2-6-24(21)25(28)19-29/h1-2,5-10,19-20,25H,3-4,11-18H2. The van der Waals surface area contributed by atoms with E-state index in [-0.39, 0.29) is 11.9 Å². The molecule has 2 aromatic carbocycles. The van der Waals surface area contributed by atoms with Gasteiger partial charge in [0, 0.05) is 13.1 Å². The number of hydrogen-bond donors (Lipinski definition) is 0. The van der Waals surface area contributed by atoms with Gasteiger partial charge in [0.25, 0.3) is 0 Å². The van der Waals surface area contributed by atoms with Gasteiger partial charge in [-0.3, -0.25) is 4.90 Å². The third-order valence-corrected chi connectivity index (χ3v) is 6.42.